The van der Waals surface area contributed by atoms with Crippen LogP contribution in [0.3, 0.4) is 0 Å². The Bertz CT molecular complexity index is 1300. The smallest absolute Gasteiger partial charge is 0.267 e. The minimum atomic E-state index is -0.302. The lowest BCUT2D eigenvalue weighted by Gasteiger charge is -2.20. The summed E-state index contributed by atoms with van der Waals surface area (Å²) < 4.78 is 3.40. The summed E-state index contributed by atoms with van der Waals surface area (Å²) in [4.78, 5) is 25.6. The van der Waals surface area contributed by atoms with Crippen LogP contribution in [0.4, 0.5) is 0 Å². The fourth-order valence-corrected chi connectivity index (χ4v) is 4.02. The van der Waals surface area contributed by atoms with Crippen LogP contribution in [-0.4, -0.2) is 36.4 Å². The van der Waals surface area contributed by atoms with Gasteiger partial charge in [0.1, 0.15) is 0 Å². The lowest BCUT2D eigenvalue weighted by Crippen LogP contribution is -2.41. The van der Waals surface area contributed by atoms with E-state index in [1.807, 2.05) is 74.6 Å². The Balaban J connectivity index is 1.86. The molecule has 0 aliphatic heterocycles. The molecule has 0 atom stereocenters. The molecule has 1 amide bonds. The maximum Gasteiger partial charge on any atom is 0.267 e. The van der Waals surface area contributed by atoms with Crippen LogP contribution in [0.15, 0.2) is 58.5 Å². The maximum atomic E-state index is 13.3. The van der Waals surface area contributed by atoms with Crippen molar-refractivity contribution in [2.75, 3.05) is 5.75 Å². The van der Waals surface area contributed by atoms with Crippen molar-refractivity contribution in [3.05, 3.63) is 64.4 Å². The predicted molar refractivity (Wildman–Crippen MR) is 119 cm³/mol. The van der Waals surface area contributed by atoms with E-state index in [0.29, 0.717) is 21.8 Å². The molecular weight excluding hydrogens is 398 g/mol. The fourth-order valence-electron chi connectivity index (χ4n) is 3.28. The SMILES string of the molecule is Cc1ccc(-n2c(=O)c3ccccc3n3c(SCC(=O)NC(C)(C)C)nnc23)cc1. The Kier molecular flexibility index (Phi) is 5.11. The maximum absolute atomic E-state index is 13.3. The molecule has 0 spiro atoms. The second kappa shape index (κ2) is 7.60. The highest BCUT2D eigenvalue weighted by molar-refractivity contribution is 7.99. The van der Waals surface area contributed by atoms with E-state index in [1.165, 1.54) is 11.8 Å². The van der Waals surface area contributed by atoms with Gasteiger partial charge >= 0.3 is 0 Å². The molecule has 4 aromatic rings. The first kappa shape index (κ1) is 20.2. The number of rotatable bonds is 4. The molecule has 7 nitrogen and oxygen atoms in total. The van der Waals surface area contributed by atoms with E-state index < -0.39 is 0 Å². The summed E-state index contributed by atoms with van der Waals surface area (Å²) in [6.45, 7) is 7.82. The van der Waals surface area contributed by atoms with E-state index in [2.05, 4.69) is 15.5 Å². The van der Waals surface area contributed by atoms with Crippen molar-refractivity contribution in [3.8, 4) is 5.69 Å². The van der Waals surface area contributed by atoms with Crippen molar-refractivity contribution in [1.29, 1.82) is 0 Å². The summed E-state index contributed by atoms with van der Waals surface area (Å²) in [6.07, 6.45) is 0. The normalized spacial score (nSPS) is 11.9. The van der Waals surface area contributed by atoms with E-state index in [1.54, 1.807) is 10.6 Å². The van der Waals surface area contributed by atoms with E-state index in [9.17, 15) is 9.59 Å². The molecule has 0 radical (unpaired) electrons. The zero-order chi connectivity index (χ0) is 21.5. The van der Waals surface area contributed by atoms with Crippen molar-refractivity contribution in [1.82, 2.24) is 24.5 Å². The lowest BCUT2D eigenvalue weighted by atomic mass is 10.1. The van der Waals surface area contributed by atoms with Crippen molar-refractivity contribution in [2.24, 2.45) is 0 Å². The Morgan fingerprint density at radius 3 is 2.47 bits per heavy atom. The molecular formula is C22H23N5O2S. The molecule has 0 bridgehead atoms. The summed E-state index contributed by atoms with van der Waals surface area (Å²) in [7, 11) is 0. The highest BCUT2D eigenvalue weighted by atomic mass is 32.2. The molecule has 1 N–H and O–H groups in total. The third-order valence-electron chi connectivity index (χ3n) is 4.53. The number of amides is 1. The molecule has 30 heavy (non-hydrogen) atoms. The molecule has 0 fully saturated rings. The largest absolute Gasteiger partial charge is 0.351 e. The summed E-state index contributed by atoms with van der Waals surface area (Å²) in [6, 6.07) is 15.1. The Morgan fingerprint density at radius 1 is 1.07 bits per heavy atom. The number of nitrogens with one attached hydrogen (secondary N) is 1. The molecule has 4 rings (SSSR count). The first-order valence-corrected chi connectivity index (χ1v) is 10.6. The zero-order valence-electron chi connectivity index (χ0n) is 17.3. The number of carbonyl (C=O) groups is 1. The fraction of sp³-hybridized carbons (Fsp3) is 0.273. The third-order valence-corrected chi connectivity index (χ3v) is 5.46. The number of benzene rings is 2. The highest BCUT2D eigenvalue weighted by Gasteiger charge is 2.19. The van der Waals surface area contributed by atoms with E-state index in [0.717, 1.165) is 11.3 Å². The van der Waals surface area contributed by atoms with Gasteiger partial charge in [0.05, 0.1) is 22.3 Å². The van der Waals surface area contributed by atoms with E-state index >= 15 is 0 Å². The topological polar surface area (TPSA) is 81.3 Å². The van der Waals surface area contributed by atoms with Gasteiger partial charge in [-0.2, -0.15) is 0 Å². The van der Waals surface area contributed by atoms with Crippen molar-refractivity contribution in [3.63, 3.8) is 0 Å². The number of para-hydroxylation sites is 1. The Labute approximate surface area is 178 Å². The van der Waals surface area contributed by atoms with Crippen LogP contribution in [0.2, 0.25) is 0 Å². The van der Waals surface area contributed by atoms with Crippen LogP contribution >= 0.6 is 11.8 Å². The van der Waals surface area contributed by atoms with Gasteiger partial charge in [0.15, 0.2) is 5.16 Å². The zero-order valence-corrected chi connectivity index (χ0v) is 18.2. The number of hydrogen-bond acceptors (Lipinski definition) is 5. The summed E-state index contributed by atoms with van der Waals surface area (Å²) in [5.74, 6) is 0.539. The summed E-state index contributed by atoms with van der Waals surface area (Å²) in [5.41, 5.74) is 2.08. The van der Waals surface area contributed by atoms with Gasteiger partial charge in [-0.3, -0.25) is 14.0 Å². The number of fused-ring (bicyclic) bond motifs is 3. The lowest BCUT2D eigenvalue weighted by molar-refractivity contribution is -0.119. The van der Waals surface area contributed by atoms with Crippen molar-refractivity contribution >= 4 is 34.3 Å². The molecule has 0 aliphatic rings. The summed E-state index contributed by atoms with van der Waals surface area (Å²) in [5, 5.41) is 12.7. The second-order valence-electron chi connectivity index (χ2n) is 8.20. The van der Waals surface area contributed by atoms with Gasteiger partial charge in [-0.15, -0.1) is 10.2 Å². The molecule has 8 heteroatoms. The molecule has 0 saturated heterocycles. The van der Waals surface area contributed by atoms with Crippen LogP contribution in [0.1, 0.15) is 26.3 Å². The minimum absolute atomic E-state index is 0.0830. The van der Waals surface area contributed by atoms with Gasteiger partial charge < -0.3 is 5.32 Å². The molecule has 2 heterocycles. The molecule has 2 aromatic heterocycles. The highest BCUT2D eigenvalue weighted by Crippen LogP contribution is 2.23. The third kappa shape index (κ3) is 3.82. The van der Waals surface area contributed by atoms with Crippen LogP contribution in [-0.2, 0) is 4.79 Å². The summed E-state index contributed by atoms with van der Waals surface area (Å²) >= 11 is 1.29. The average Bonchev–Trinajstić information content (AvgIpc) is 3.10. The van der Waals surface area contributed by atoms with Crippen molar-refractivity contribution < 1.29 is 4.79 Å². The Hall–Kier alpha value is -3.13. The van der Waals surface area contributed by atoms with Gasteiger partial charge in [0, 0.05) is 5.54 Å². The van der Waals surface area contributed by atoms with Crippen LogP contribution < -0.4 is 10.9 Å². The van der Waals surface area contributed by atoms with Gasteiger partial charge in [-0.1, -0.05) is 41.6 Å². The van der Waals surface area contributed by atoms with E-state index in [4.69, 9.17) is 0 Å². The van der Waals surface area contributed by atoms with Gasteiger partial charge in [0.2, 0.25) is 11.7 Å². The number of nitrogens with zero attached hydrogens (tertiary/aromatic N) is 4. The van der Waals surface area contributed by atoms with Crippen LogP contribution in [0.5, 0.6) is 0 Å². The van der Waals surface area contributed by atoms with E-state index in [-0.39, 0.29) is 22.8 Å². The average molecular weight is 422 g/mol. The second-order valence-corrected chi connectivity index (χ2v) is 9.14. The number of aryl methyl sites for hydroxylation is 1. The quantitative estimate of drug-likeness (QED) is 0.511. The molecule has 154 valence electrons. The number of carbonyl (C=O) groups excluding carboxylic acids is 1. The van der Waals surface area contributed by atoms with Crippen molar-refractivity contribution in [2.45, 2.75) is 38.4 Å². The van der Waals surface area contributed by atoms with Gasteiger partial charge in [-0.25, -0.2) is 4.57 Å². The minimum Gasteiger partial charge on any atom is -0.351 e. The Morgan fingerprint density at radius 2 is 1.77 bits per heavy atom. The standard InChI is InChI=1S/C22H23N5O2S/c1-14-9-11-15(12-10-14)26-19(29)16-7-5-6-8-17(16)27-20(26)24-25-21(27)30-13-18(28)23-22(2,3)4/h5-12H,13H2,1-4H3,(H,23,28). The molecule has 2 aromatic carbocycles. The van der Waals surface area contributed by atoms with Gasteiger partial charge in [-0.05, 0) is 52.0 Å². The first-order valence-electron chi connectivity index (χ1n) is 9.64. The molecule has 0 aliphatic carbocycles. The molecule has 0 unspecified atom stereocenters. The number of hydrogen-bond donors (Lipinski definition) is 1. The van der Waals surface area contributed by atoms with Crippen LogP contribution in [0.25, 0.3) is 22.4 Å². The predicted octanol–water partition coefficient (Wildman–Crippen LogP) is 3.35. The number of thioether (sulfide) groups is 1. The number of aromatic nitrogens is 4. The monoisotopic (exact) mass is 421 g/mol. The first-order chi connectivity index (χ1) is 14.2. The van der Waals surface area contributed by atoms with Gasteiger partial charge in [0.25, 0.3) is 5.56 Å². The van der Waals surface area contributed by atoms with Crippen LogP contribution in [0, 0.1) is 6.92 Å². The molecule has 0 saturated carbocycles.